The summed E-state index contributed by atoms with van der Waals surface area (Å²) in [5, 5.41) is 11.8. The van der Waals surface area contributed by atoms with Crippen molar-refractivity contribution in [1.29, 1.82) is 0 Å². The van der Waals surface area contributed by atoms with Crippen molar-refractivity contribution in [3.05, 3.63) is 38.4 Å². The summed E-state index contributed by atoms with van der Waals surface area (Å²) in [6.45, 7) is 8.44. The molecule has 0 fully saturated rings. The minimum absolute atomic E-state index is 0.0614. The molecule has 118 valence electrons. The normalized spacial score (nSPS) is 21.9. The number of rotatable bonds is 1. The number of Topliss-reactive ketones (excluding diaryl/α,β-unsaturated/α-hetero) is 1. The zero-order valence-electron chi connectivity index (χ0n) is 13.8. The number of nitro groups is 1. The molecule has 0 saturated carbocycles. The third kappa shape index (κ3) is 2.08. The molecule has 22 heavy (non-hydrogen) atoms. The molecule has 4 nitrogen and oxygen atoms in total. The Morgan fingerprint density at radius 1 is 1.09 bits per heavy atom. The lowest BCUT2D eigenvalue weighted by Gasteiger charge is -2.42. The van der Waals surface area contributed by atoms with Crippen molar-refractivity contribution in [2.75, 3.05) is 0 Å². The molecular weight excluding hydrogens is 278 g/mol. The molecule has 2 aliphatic rings. The molecule has 0 bridgehead atoms. The highest BCUT2D eigenvalue weighted by molar-refractivity contribution is 6.00. The van der Waals surface area contributed by atoms with Gasteiger partial charge in [-0.2, -0.15) is 0 Å². The molecule has 0 amide bonds. The predicted molar refractivity (Wildman–Crippen MR) is 85.7 cm³/mol. The Balaban J connectivity index is 2.43. The van der Waals surface area contributed by atoms with Gasteiger partial charge in [0.2, 0.25) is 0 Å². The molecular formula is C18H23NO3. The Bertz CT molecular complexity index is 686. The number of nitro benzene ring substituents is 1. The Labute approximate surface area is 131 Å². The number of hydrogen-bond donors (Lipinski definition) is 0. The lowest BCUT2D eigenvalue weighted by molar-refractivity contribution is -0.387. The van der Waals surface area contributed by atoms with Crippen LogP contribution < -0.4 is 0 Å². The Hall–Kier alpha value is -1.71. The molecule has 0 spiro atoms. The Morgan fingerprint density at radius 3 is 2.36 bits per heavy atom. The standard InChI is InChI=1S/C18H23NO3/c1-17(2)8-9-18(3,4)15-13(17)10-12-11(16(15)19(21)22)6-5-7-14(12)20/h10H,5-9H2,1-4H3. The van der Waals surface area contributed by atoms with Crippen molar-refractivity contribution in [3.63, 3.8) is 0 Å². The van der Waals surface area contributed by atoms with Crippen LogP contribution in [0.4, 0.5) is 5.69 Å². The smallest absolute Gasteiger partial charge is 0.277 e. The number of carbonyl (C=O) groups is 1. The number of hydrogen-bond acceptors (Lipinski definition) is 3. The minimum Gasteiger partial charge on any atom is -0.294 e. The van der Waals surface area contributed by atoms with Crippen molar-refractivity contribution in [1.82, 2.24) is 0 Å². The summed E-state index contributed by atoms with van der Waals surface area (Å²) in [4.78, 5) is 23.9. The van der Waals surface area contributed by atoms with Gasteiger partial charge in [0, 0.05) is 23.1 Å². The van der Waals surface area contributed by atoms with E-state index in [4.69, 9.17) is 0 Å². The number of benzene rings is 1. The van der Waals surface area contributed by atoms with Crippen LogP contribution in [0, 0.1) is 10.1 Å². The van der Waals surface area contributed by atoms with Crippen LogP contribution in [0.15, 0.2) is 6.07 Å². The lowest BCUT2D eigenvalue weighted by Crippen LogP contribution is -2.36. The number of fused-ring (bicyclic) bond motifs is 2. The van der Waals surface area contributed by atoms with Crippen LogP contribution in [-0.2, 0) is 17.3 Å². The fourth-order valence-electron chi connectivity index (χ4n) is 4.08. The third-order valence-electron chi connectivity index (χ3n) is 5.50. The summed E-state index contributed by atoms with van der Waals surface area (Å²) in [5.74, 6) is 0.0614. The first-order chi connectivity index (χ1) is 10.1. The highest BCUT2D eigenvalue weighted by Crippen LogP contribution is 2.51. The molecule has 0 saturated heterocycles. The lowest BCUT2D eigenvalue weighted by atomic mass is 9.61. The van der Waals surface area contributed by atoms with E-state index in [2.05, 4.69) is 27.7 Å². The molecule has 0 atom stereocenters. The van der Waals surface area contributed by atoms with Crippen LogP contribution in [0.3, 0.4) is 0 Å². The monoisotopic (exact) mass is 301 g/mol. The molecule has 0 N–H and O–H groups in total. The van der Waals surface area contributed by atoms with Gasteiger partial charge in [-0.15, -0.1) is 0 Å². The number of carbonyl (C=O) groups excluding carboxylic acids is 1. The summed E-state index contributed by atoms with van der Waals surface area (Å²) < 4.78 is 0. The fraction of sp³-hybridized carbons (Fsp3) is 0.611. The summed E-state index contributed by atoms with van der Waals surface area (Å²) >= 11 is 0. The highest BCUT2D eigenvalue weighted by Gasteiger charge is 2.44. The molecule has 4 heteroatoms. The molecule has 0 aliphatic heterocycles. The molecule has 1 aromatic carbocycles. The van der Waals surface area contributed by atoms with E-state index in [9.17, 15) is 14.9 Å². The summed E-state index contributed by atoms with van der Waals surface area (Å²) in [7, 11) is 0. The second-order valence-corrected chi connectivity index (χ2v) is 7.98. The van der Waals surface area contributed by atoms with Gasteiger partial charge in [0.05, 0.1) is 4.92 Å². The predicted octanol–water partition coefficient (Wildman–Crippen LogP) is 4.46. The van der Waals surface area contributed by atoms with Gasteiger partial charge in [-0.05, 0) is 48.1 Å². The average molecular weight is 301 g/mol. The summed E-state index contributed by atoms with van der Waals surface area (Å²) in [5.41, 5.74) is 3.02. The second kappa shape index (κ2) is 4.64. The maximum atomic E-state index is 12.3. The van der Waals surface area contributed by atoms with Gasteiger partial charge in [0.1, 0.15) is 0 Å². The van der Waals surface area contributed by atoms with Crippen molar-refractivity contribution >= 4 is 11.5 Å². The van der Waals surface area contributed by atoms with E-state index in [0.29, 0.717) is 24.0 Å². The van der Waals surface area contributed by atoms with E-state index in [0.717, 1.165) is 30.4 Å². The van der Waals surface area contributed by atoms with Crippen LogP contribution >= 0.6 is 0 Å². The maximum absolute atomic E-state index is 12.3. The number of ketones is 1. The molecule has 0 aromatic heterocycles. The second-order valence-electron chi connectivity index (χ2n) is 7.98. The van der Waals surface area contributed by atoms with Gasteiger partial charge in [-0.25, -0.2) is 0 Å². The Kier molecular flexibility index (Phi) is 3.21. The van der Waals surface area contributed by atoms with E-state index < -0.39 is 0 Å². The fourth-order valence-corrected chi connectivity index (χ4v) is 4.08. The van der Waals surface area contributed by atoms with Crippen molar-refractivity contribution < 1.29 is 9.72 Å². The molecule has 1 aromatic rings. The first-order valence-electron chi connectivity index (χ1n) is 8.03. The molecule has 3 rings (SSSR count). The van der Waals surface area contributed by atoms with Gasteiger partial charge in [0.25, 0.3) is 5.69 Å². The van der Waals surface area contributed by atoms with Gasteiger partial charge < -0.3 is 0 Å². The minimum atomic E-state index is -0.251. The first-order valence-corrected chi connectivity index (χ1v) is 8.03. The van der Waals surface area contributed by atoms with Gasteiger partial charge in [-0.3, -0.25) is 14.9 Å². The van der Waals surface area contributed by atoms with Crippen LogP contribution in [-0.4, -0.2) is 10.7 Å². The van der Waals surface area contributed by atoms with E-state index >= 15 is 0 Å². The SMILES string of the molecule is CC1(C)CCC(C)(C)c2c1cc1c(c2[N+](=O)[O-])CCCC1=O. The van der Waals surface area contributed by atoms with Crippen molar-refractivity contribution in [2.24, 2.45) is 0 Å². The molecule has 2 aliphatic carbocycles. The largest absolute Gasteiger partial charge is 0.294 e. The summed E-state index contributed by atoms with van der Waals surface area (Å²) in [6.07, 6.45) is 3.78. The van der Waals surface area contributed by atoms with E-state index in [-0.39, 0.29) is 27.2 Å². The molecule has 0 heterocycles. The first kappa shape index (κ1) is 15.2. The van der Waals surface area contributed by atoms with Crippen LogP contribution in [0.1, 0.15) is 80.4 Å². The quantitative estimate of drug-likeness (QED) is 0.568. The third-order valence-corrected chi connectivity index (χ3v) is 5.50. The van der Waals surface area contributed by atoms with Crippen LogP contribution in [0.25, 0.3) is 0 Å². The summed E-state index contributed by atoms with van der Waals surface area (Å²) in [6, 6.07) is 1.97. The maximum Gasteiger partial charge on any atom is 0.277 e. The van der Waals surface area contributed by atoms with Gasteiger partial charge in [0.15, 0.2) is 5.78 Å². The number of nitrogens with zero attached hydrogens (tertiary/aromatic N) is 1. The Morgan fingerprint density at radius 2 is 1.73 bits per heavy atom. The molecule has 0 radical (unpaired) electrons. The van der Waals surface area contributed by atoms with Crippen molar-refractivity contribution in [3.8, 4) is 0 Å². The zero-order chi connectivity index (χ0) is 16.3. The van der Waals surface area contributed by atoms with Crippen LogP contribution in [0.5, 0.6) is 0 Å². The van der Waals surface area contributed by atoms with Gasteiger partial charge >= 0.3 is 0 Å². The molecule has 0 unspecified atom stereocenters. The van der Waals surface area contributed by atoms with Crippen LogP contribution in [0.2, 0.25) is 0 Å². The van der Waals surface area contributed by atoms with Gasteiger partial charge in [-0.1, -0.05) is 27.7 Å². The van der Waals surface area contributed by atoms with E-state index in [1.807, 2.05) is 6.07 Å². The van der Waals surface area contributed by atoms with Crippen molar-refractivity contribution in [2.45, 2.75) is 70.6 Å². The van der Waals surface area contributed by atoms with E-state index in [1.165, 1.54) is 0 Å². The highest BCUT2D eigenvalue weighted by atomic mass is 16.6. The zero-order valence-corrected chi connectivity index (χ0v) is 13.8. The topological polar surface area (TPSA) is 60.2 Å². The van der Waals surface area contributed by atoms with E-state index in [1.54, 1.807) is 0 Å². The average Bonchev–Trinajstić information content (AvgIpc) is 2.42.